The molecule has 1 atom stereocenters. The van der Waals surface area contributed by atoms with E-state index in [9.17, 15) is 4.79 Å². The standard InChI is InChI=1S/C10H10ClNO2/c1-10(9(13)14)5-6-3-2-4-7(11)8(6)12-10/h2-4,12H,5H2,1H3,(H,13,14). The lowest BCUT2D eigenvalue weighted by Crippen LogP contribution is -2.41. The Hall–Kier alpha value is -1.22. The fourth-order valence-electron chi connectivity index (χ4n) is 1.69. The molecular formula is C10H10ClNO2. The molecule has 0 radical (unpaired) electrons. The first-order valence-electron chi connectivity index (χ1n) is 4.32. The fourth-order valence-corrected chi connectivity index (χ4v) is 1.93. The molecule has 1 unspecified atom stereocenters. The molecule has 0 saturated carbocycles. The Morgan fingerprint density at radius 3 is 2.93 bits per heavy atom. The molecule has 0 amide bonds. The molecule has 0 fully saturated rings. The summed E-state index contributed by atoms with van der Waals surface area (Å²) in [5.41, 5.74) is 0.786. The molecule has 3 nitrogen and oxygen atoms in total. The molecule has 74 valence electrons. The first-order chi connectivity index (χ1) is 6.53. The average Bonchev–Trinajstić information content (AvgIpc) is 2.45. The van der Waals surface area contributed by atoms with Crippen LogP contribution in [0.4, 0.5) is 5.69 Å². The fraction of sp³-hybridized carbons (Fsp3) is 0.300. The van der Waals surface area contributed by atoms with Gasteiger partial charge in [-0.1, -0.05) is 23.7 Å². The van der Waals surface area contributed by atoms with Crippen molar-refractivity contribution in [3.63, 3.8) is 0 Å². The van der Waals surface area contributed by atoms with E-state index in [4.69, 9.17) is 16.7 Å². The van der Waals surface area contributed by atoms with Crippen molar-refractivity contribution in [3.05, 3.63) is 28.8 Å². The zero-order chi connectivity index (χ0) is 10.3. The number of carboxylic acids is 1. The van der Waals surface area contributed by atoms with Gasteiger partial charge in [-0.25, -0.2) is 4.79 Å². The Bertz CT molecular complexity index is 405. The maximum absolute atomic E-state index is 11.0. The molecule has 1 aromatic rings. The number of fused-ring (bicyclic) bond motifs is 1. The highest BCUT2D eigenvalue weighted by molar-refractivity contribution is 6.33. The van der Waals surface area contributed by atoms with E-state index < -0.39 is 11.5 Å². The molecular weight excluding hydrogens is 202 g/mol. The topological polar surface area (TPSA) is 49.3 Å². The van der Waals surface area contributed by atoms with Gasteiger partial charge in [0.15, 0.2) is 0 Å². The second kappa shape index (κ2) is 2.89. The van der Waals surface area contributed by atoms with Crippen LogP contribution < -0.4 is 5.32 Å². The zero-order valence-electron chi connectivity index (χ0n) is 7.67. The molecule has 1 aliphatic heterocycles. The minimum absolute atomic E-state index is 0.470. The number of para-hydroxylation sites is 1. The minimum atomic E-state index is -0.923. The predicted molar refractivity (Wildman–Crippen MR) is 54.8 cm³/mol. The van der Waals surface area contributed by atoms with Crippen molar-refractivity contribution in [1.29, 1.82) is 0 Å². The minimum Gasteiger partial charge on any atom is -0.480 e. The van der Waals surface area contributed by atoms with E-state index in [-0.39, 0.29) is 0 Å². The molecule has 4 heteroatoms. The summed E-state index contributed by atoms with van der Waals surface area (Å²) in [4.78, 5) is 11.0. The molecule has 2 N–H and O–H groups in total. The summed E-state index contributed by atoms with van der Waals surface area (Å²) in [5, 5.41) is 12.6. The van der Waals surface area contributed by atoms with Crippen LogP contribution in [-0.2, 0) is 11.2 Å². The quantitative estimate of drug-likeness (QED) is 0.749. The third-order valence-electron chi connectivity index (χ3n) is 2.52. The second-order valence-electron chi connectivity index (χ2n) is 3.71. The van der Waals surface area contributed by atoms with Crippen molar-refractivity contribution >= 4 is 23.3 Å². The van der Waals surface area contributed by atoms with E-state index in [1.165, 1.54) is 0 Å². The third kappa shape index (κ3) is 1.24. The van der Waals surface area contributed by atoms with Crippen molar-refractivity contribution in [2.24, 2.45) is 0 Å². The van der Waals surface area contributed by atoms with Gasteiger partial charge in [0.1, 0.15) is 5.54 Å². The number of carboxylic acid groups (broad SMARTS) is 1. The number of aliphatic carboxylic acids is 1. The number of carbonyl (C=O) groups is 1. The monoisotopic (exact) mass is 211 g/mol. The van der Waals surface area contributed by atoms with Crippen LogP contribution in [0.15, 0.2) is 18.2 Å². The van der Waals surface area contributed by atoms with Gasteiger partial charge in [0.2, 0.25) is 0 Å². The second-order valence-corrected chi connectivity index (χ2v) is 4.12. The smallest absolute Gasteiger partial charge is 0.329 e. The maximum Gasteiger partial charge on any atom is 0.329 e. The van der Waals surface area contributed by atoms with E-state index >= 15 is 0 Å². The Morgan fingerprint density at radius 2 is 2.36 bits per heavy atom. The highest BCUT2D eigenvalue weighted by Crippen LogP contribution is 2.37. The molecule has 0 aliphatic carbocycles. The summed E-state index contributed by atoms with van der Waals surface area (Å²) < 4.78 is 0. The van der Waals surface area contributed by atoms with E-state index in [0.717, 1.165) is 11.3 Å². The third-order valence-corrected chi connectivity index (χ3v) is 2.83. The van der Waals surface area contributed by atoms with Gasteiger partial charge in [-0.3, -0.25) is 0 Å². The number of anilines is 1. The number of hydrogen-bond donors (Lipinski definition) is 2. The van der Waals surface area contributed by atoms with Crippen molar-refractivity contribution in [2.45, 2.75) is 18.9 Å². The van der Waals surface area contributed by atoms with Crippen LogP contribution >= 0.6 is 11.6 Å². The summed E-state index contributed by atoms with van der Waals surface area (Å²) in [7, 11) is 0. The van der Waals surface area contributed by atoms with Gasteiger partial charge < -0.3 is 10.4 Å². The Labute approximate surface area is 86.7 Å². The van der Waals surface area contributed by atoms with Crippen LogP contribution in [0, 0.1) is 0 Å². The lowest BCUT2D eigenvalue weighted by molar-refractivity contribution is -0.141. The summed E-state index contributed by atoms with van der Waals surface area (Å²) in [6, 6.07) is 5.47. The van der Waals surface area contributed by atoms with Gasteiger partial charge in [0.25, 0.3) is 0 Å². The van der Waals surface area contributed by atoms with Crippen LogP contribution in [0.5, 0.6) is 0 Å². The molecule has 0 aromatic heterocycles. The van der Waals surface area contributed by atoms with Gasteiger partial charge in [-0.05, 0) is 18.6 Å². The van der Waals surface area contributed by atoms with Crippen molar-refractivity contribution in [2.75, 3.05) is 5.32 Å². The zero-order valence-corrected chi connectivity index (χ0v) is 8.43. The molecule has 0 spiro atoms. The molecule has 14 heavy (non-hydrogen) atoms. The number of rotatable bonds is 1. The van der Waals surface area contributed by atoms with Crippen molar-refractivity contribution in [1.82, 2.24) is 0 Å². The Balaban J connectivity index is 2.44. The molecule has 1 heterocycles. The van der Waals surface area contributed by atoms with Gasteiger partial charge in [0.05, 0.1) is 10.7 Å². The van der Waals surface area contributed by atoms with E-state index in [1.807, 2.05) is 12.1 Å². The number of benzene rings is 1. The van der Waals surface area contributed by atoms with Crippen LogP contribution in [0.3, 0.4) is 0 Å². The van der Waals surface area contributed by atoms with E-state index in [2.05, 4.69) is 5.32 Å². The highest BCUT2D eigenvalue weighted by Gasteiger charge is 2.39. The number of halogens is 1. The Morgan fingerprint density at radius 1 is 1.64 bits per heavy atom. The van der Waals surface area contributed by atoms with Crippen LogP contribution in [0.1, 0.15) is 12.5 Å². The molecule has 0 saturated heterocycles. The first-order valence-corrected chi connectivity index (χ1v) is 4.70. The van der Waals surface area contributed by atoms with Gasteiger partial charge in [-0.2, -0.15) is 0 Å². The van der Waals surface area contributed by atoms with Gasteiger partial charge in [-0.15, -0.1) is 0 Å². The van der Waals surface area contributed by atoms with E-state index in [1.54, 1.807) is 13.0 Å². The average molecular weight is 212 g/mol. The predicted octanol–water partition coefficient (Wildman–Crippen LogP) is 2.15. The highest BCUT2D eigenvalue weighted by atomic mass is 35.5. The van der Waals surface area contributed by atoms with Gasteiger partial charge in [0, 0.05) is 6.42 Å². The molecule has 1 aliphatic rings. The molecule has 2 rings (SSSR count). The van der Waals surface area contributed by atoms with Crippen molar-refractivity contribution in [3.8, 4) is 0 Å². The molecule has 1 aromatic carbocycles. The largest absolute Gasteiger partial charge is 0.480 e. The summed E-state index contributed by atoms with van der Waals surface area (Å²) in [6.45, 7) is 1.66. The SMILES string of the molecule is CC1(C(=O)O)Cc2cccc(Cl)c2N1. The van der Waals surface area contributed by atoms with Crippen molar-refractivity contribution < 1.29 is 9.90 Å². The van der Waals surface area contributed by atoms with Crippen LogP contribution in [0.25, 0.3) is 0 Å². The van der Waals surface area contributed by atoms with E-state index in [0.29, 0.717) is 11.4 Å². The lowest BCUT2D eigenvalue weighted by Gasteiger charge is -2.19. The summed E-state index contributed by atoms with van der Waals surface area (Å²) in [5.74, 6) is -0.857. The van der Waals surface area contributed by atoms with Crippen LogP contribution in [-0.4, -0.2) is 16.6 Å². The van der Waals surface area contributed by atoms with Gasteiger partial charge >= 0.3 is 5.97 Å². The summed E-state index contributed by atoms with van der Waals surface area (Å²) >= 11 is 5.95. The summed E-state index contributed by atoms with van der Waals surface area (Å²) in [6.07, 6.45) is 0.470. The maximum atomic E-state index is 11.0. The molecule has 0 bridgehead atoms. The number of hydrogen-bond acceptors (Lipinski definition) is 2. The Kier molecular flexibility index (Phi) is 1.93. The first kappa shape index (κ1) is 9.34. The number of nitrogens with one attached hydrogen (secondary N) is 1. The normalized spacial score (nSPS) is 24.1. The lowest BCUT2D eigenvalue weighted by atomic mass is 9.98. The van der Waals surface area contributed by atoms with Crippen LogP contribution in [0.2, 0.25) is 5.02 Å².